The Morgan fingerprint density at radius 2 is 2.06 bits per heavy atom. The first-order valence-corrected chi connectivity index (χ1v) is 6.54. The monoisotopic (exact) mass is 227 g/mol. The number of hydrogen-bond donors (Lipinski definition) is 1. The number of hydrogen-bond acceptors (Lipinski definition) is 4. The predicted molar refractivity (Wildman–Crippen MR) is 65.5 cm³/mol. The Balaban J connectivity index is 1.74. The fourth-order valence-electron chi connectivity index (χ4n) is 2.73. The van der Waals surface area contributed by atoms with Gasteiger partial charge in [-0.1, -0.05) is 6.92 Å². The van der Waals surface area contributed by atoms with Crippen LogP contribution in [0, 0.1) is 5.92 Å². The summed E-state index contributed by atoms with van der Waals surface area (Å²) >= 11 is 0. The Kier molecular flexibility index (Phi) is 4.58. The Labute approximate surface area is 98.7 Å². The van der Waals surface area contributed by atoms with E-state index in [1.807, 2.05) is 0 Å². The van der Waals surface area contributed by atoms with E-state index in [4.69, 9.17) is 10.5 Å². The molecule has 16 heavy (non-hydrogen) atoms. The van der Waals surface area contributed by atoms with Crippen molar-refractivity contribution in [1.29, 1.82) is 0 Å². The molecule has 2 unspecified atom stereocenters. The van der Waals surface area contributed by atoms with Crippen molar-refractivity contribution < 1.29 is 4.74 Å². The van der Waals surface area contributed by atoms with E-state index >= 15 is 0 Å². The maximum Gasteiger partial charge on any atom is 0.0594 e. The fourth-order valence-corrected chi connectivity index (χ4v) is 2.73. The van der Waals surface area contributed by atoms with Gasteiger partial charge in [0, 0.05) is 32.2 Å². The number of nitrogens with zero attached hydrogens (tertiary/aromatic N) is 2. The lowest BCUT2D eigenvalue weighted by Crippen LogP contribution is -2.45. The largest absolute Gasteiger partial charge is 0.379 e. The van der Waals surface area contributed by atoms with E-state index < -0.39 is 0 Å². The maximum atomic E-state index is 5.67. The molecule has 4 nitrogen and oxygen atoms in total. The Bertz CT molecular complexity index is 206. The molecule has 2 aliphatic rings. The second-order valence-corrected chi connectivity index (χ2v) is 5.19. The quantitative estimate of drug-likeness (QED) is 0.733. The first-order valence-electron chi connectivity index (χ1n) is 6.54. The van der Waals surface area contributed by atoms with Crippen molar-refractivity contribution in [3.05, 3.63) is 0 Å². The number of morpholine rings is 1. The van der Waals surface area contributed by atoms with E-state index in [9.17, 15) is 0 Å². The molecule has 0 aliphatic carbocycles. The molecule has 94 valence electrons. The molecule has 0 amide bonds. The van der Waals surface area contributed by atoms with Gasteiger partial charge in [0.1, 0.15) is 0 Å². The van der Waals surface area contributed by atoms with Crippen molar-refractivity contribution >= 4 is 0 Å². The van der Waals surface area contributed by atoms with Crippen LogP contribution in [-0.2, 0) is 4.74 Å². The molecule has 2 rings (SSSR count). The molecule has 0 bridgehead atoms. The highest BCUT2D eigenvalue weighted by molar-refractivity contribution is 4.85. The van der Waals surface area contributed by atoms with E-state index in [1.165, 1.54) is 19.5 Å². The molecule has 2 atom stereocenters. The molecule has 0 aromatic heterocycles. The van der Waals surface area contributed by atoms with Crippen molar-refractivity contribution in [2.75, 3.05) is 52.5 Å². The summed E-state index contributed by atoms with van der Waals surface area (Å²) in [4.78, 5) is 5.16. The molecule has 0 radical (unpaired) electrons. The summed E-state index contributed by atoms with van der Waals surface area (Å²) in [5.74, 6) is 0.628. The van der Waals surface area contributed by atoms with Gasteiger partial charge in [0.2, 0.25) is 0 Å². The third-order valence-corrected chi connectivity index (χ3v) is 3.78. The molecule has 0 aromatic carbocycles. The minimum absolute atomic E-state index is 0.628. The molecule has 4 heteroatoms. The first-order chi connectivity index (χ1) is 7.79. The third-order valence-electron chi connectivity index (χ3n) is 3.78. The normalized spacial score (nSPS) is 30.8. The smallest absolute Gasteiger partial charge is 0.0594 e. The van der Waals surface area contributed by atoms with Crippen molar-refractivity contribution in [3.8, 4) is 0 Å². The van der Waals surface area contributed by atoms with Crippen LogP contribution >= 0.6 is 0 Å². The zero-order chi connectivity index (χ0) is 11.4. The van der Waals surface area contributed by atoms with Crippen molar-refractivity contribution in [1.82, 2.24) is 9.80 Å². The fraction of sp³-hybridized carbons (Fsp3) is 1.00. The van der Waals surface area contributed by atoms with E-state index in [0.29, 0.717) is 5.92 Å². The average Bonchev–Trinajstić information content (AvgIpc) is 2.78. The van der Waals surface area contributed by atoms with Crippen molar-refractivity contribution in [2.24, 2.45) is 11.7 Å². The van der Waals surface area contributed by atoms with Crippen LogP contribution in [0.15, 0.2) is 0 Å². The van der Waals surface area contributed by atoms with E-state index in [-0.39, 0.29) is 0 Å². The lowest BCUT2D eigenvalue weighted by Gasteiger charge is -2.32. The van der Waals surface area contributed by atoms with Gasteiger partial charge >= 0.3 is 0 Å². The molecular weight excluding hydrogens is 202 g/mol. The van der Waals surface area contributed by atoms with Gasteiger partial charge in [0.05, 0.1) is 13.2 Å². The standard InChI is InChI=1S/C12H25N3O/c1-11(8-13)9-14-3-2-12(10-14)15-4-6-16-7-5-15/h11-12H,2-10,13H2,1H3. The summed E-state index contributed by atoms with van der Waals surface area (Å²) in [6, 6.07) is 0.758. The Morgan fingerprint density at radius 1 is 1.31 bits per heavy atom. The van der Waals surface area contributed by atoms with Crippen LogP contribution in [0.1, 0.15) is 13.3 Å². The van der Waals surface area contributed by atoms with Crippen molar-refractivity contribution in [2.45, 2.75) is 19.4 Å². The second-order valence-electron chi connectivity index (χ2n) is 5.19. The Morgan fingerprint density at radius 3 is 2.75 bits per heavy atom. The van der Waals surface area contributed by atoms with Gasteiger partial charge < -0.3 is 15.4 Å². The van der Waals surface area contributed by atoms with Crippen LogP contribution in [-0.4, -0.2) is 68.3 Å². The molecule has 2 aliphatic heterocycles. The topological polar surface area (TPSA) is 41.7 Å². The maximum absolute atomic E-state index is 5.67. The van der Waals surface area contributed by atoms with E-state index in [2.05, 4.69) is 16.7 Å². The third kappa shape index (κ3) is 3.17. The van der Waals surface area contributed by atoms with Gasteiger partial charge in [-0.15, -0.1) is 0 Å². The van der Waals surface area contributed by atoms with Gasteiger partial charge in [0.15, 0.2) is 0 Å². The second kappa shape index (κ2) is 5.96. The zero-order valence-corrected chi connectivity index (χ0v) is 10.4. The number of rotatable bonds is 4. The van der Waals surface area contributed by atoms with Gasteiger partial charge in [-0.05, 0) is 25.4 Å². The predicted octanol–water partition coefficient (Wildman–Crippen LogP) is -0.0123. The highest BCUT2D eigenvalue weighted by atomic mass is 16.5. The summed E-state index contributed by atoms with van der Waals surface area (Å²) in [6.45, 7) is 10.7. The molecule has 0 spiro atoms. The molecule has 0 saturated carbocycles. The summed E-state index contributed by atoms with van der Waals surface area (Å²) < 4.78 is 5.40. The number of ether oxygens (including phenoxy) is 1. The van der Waals surface area contributed by atoms with Gasteiger partial charge in [0.25, 0.3) is 0 Å². The first kappa shape index (κ1) is 12.3. The summed E-state index contributed by atoms with van der Waals surface area (Å²) in [5.41, 5.74) is 5.67. The van der Waals surface area contributed by atoms with Crippen LogP contribution < -0.4 is 5.73 Å². The molecule has 2 heterocycles. The van der Waals surface area contributed by atoms with Crippen LogP contribution in [0.4, 0.5) is 0 Å². The number of likely N-dealkylation sites (tertiary alicyclic amines) is 1. The highest BCUT2D eigenvalue weighted by Gasteiger charge is 2.28. The summed E-state index contributed by atoms with van der Waals surface area (Å²) in [6.07, 6.45) is 1.32. The Hall–Kier alpha value is -0.160. The van der Waals surface area contributed by atoms with E-state index in [1.54, 1.807) is 0 Å². The van der Waals surface area contributed by atoms with Crippen molar-refractivity contribution in [3.63, 3.8) is 0 Å². The molecule has 2 fully saturated rings. The molecule has 2 N–H and O–H groups in total. The summed E-state index contributed by atoms with van der Waals surface area (Å²) in [5, 5.41) is 0. The number of nitrogens with two attached hydrogens (primary N) is 1. The van der Waals surface area contributed by atoms with E-state index in [0.717, 1.165) is 45.4 Å². The SMILES string of the molecule is CC(CN)CN1CCC(N2CCOCC2)C1. The molecular formula is C12H25N3O. The van der Waals surface area contributed by atoms with Crippen LogP contribution in [0.2, 0.25) is 0 Å². The molecule has 0 aromatic rings. The lowest BCUT2D eigenvalue weighted by atomic mass is 10.2. The van der Waals surface area contributed by atoms with Gasteiger partial charge in [-0.2, -0.15) is 0 Å². The van der Waals surface area contributed by atoms with Gasteiger partial charge in [-0.3, -0.25) is 4.90 Å². The van der Waals surface area contributed by atoms with Gasteiger partial charge in [-0.25, -0.2) is 0 Å². The summed E-state index contributed by atoms with van der Waals surface area (Å²) in [7, 11) is 0. The molecule has 2 saturated heterocycles. The van der Waals surface area contributed by atoms with Crippen LogP contribution in [0.5, 0.6) is 0 Å². The average molecular weight is 227 g/mol. The zero-order valence-electron chi connectivity index (χ0n) is 10.4. The highest BCUT2D eigenvalue weighted by Crippen LogP contribution is 2.17. The van der Waals surface area contributed by atoms with Crippen LogP contribution in [0.25, 0.3) is 0 Å². The minimum Gasteiger partial charge on any atom is -0.379 e. The lowest BCUT2D eigenvalue weighted by molar-refractivity contribution is 0.0183. The van der Waals surface area contributed by atoms with Crippen LogP contribution in [0.3, 0.4) is 0 Å². The minimum atomic E-state index is 0.628.